The molecule has 1 saturated carbocycles. The highest BCUT2D eigenvalue weighted by atomic mass is 79.9. The van der Waals surface area contributed by atoms with Gasteiger partial charge in [0.15, 0.2) is 5.69 Å². The normalized spacial score (nSPS) is 13.8. The molecule has 5 rings (SSSR count). The summed E-state index contributed by atoms with van der Waals surface area (Å²) < 4.78 is 12.3. The Labute approximate surface area is 213 Å². The third-order valence-electron chi connectivity index (χ3n) is 6.55. The van der Waals surface area contributed by atoms with Gasteiger partial charge < -0.3 is 14.8 Å². The van der Waals surface area contributed by atoms with Crippen molar-refractivity contribution in [2.45, 2.75) is 25.8 Å². The van der Waals surface area contributed by atoms with Gasteiger partial charge >= 0.3 is 0 Å². The zero-order chi connectivity index (χ0) is 24.5. The summed E-state index contributed by atoms with van der Waals surface area (Å²) in [6.45, 7) is 2.16. The molecule has 1 fully saturated rings. The first-order valence-electron chi connectivity index (χ1n) is 11.5. The first kappa shape index (κ1) is 23.1. The van der Waals surface area contributed by atoms with Gasteiger partial charge in [-0.25, -0.2) is 0 Å². The monoisotopic (exact) mass is 528 g/mol. The minimum atomic E-state index is 0.284. The average Bonchev–Trinajstić information content (AvgIpc) is 3.74. The molecule has 7 heteroatoms. The smallest absolute Gasteiger partial charge is 0.186 e. The Kier molecular flexibility index (Phi) is 6.31. The van der Waals surface area contributed by atoms with E-state index in [1.807, 2.05) is 48.5 Å². The van der Waals surface area contributed by atoms with Crippen LogP contribution in [-0.4, -0.2) is 30.5 Å². The molecule has 0 spiro atoms. The highest BCUT2D eigenvalue weighted by molar-refractivity contribution is 9.10. The quantitative estimate of drug-likeness (QED) is 0.283. The van der Waals surface area contributed by atoms with E-state index in [9.17, 15) is 5.26 Å². The van der Waals surface area contributed by atoms with Gasteiger partial charge in [0, 0.05) is 27.0 Å². The number of ether oxygens (including phenoxy) is 2. The molecule has 0 amide bonds. The lowest BCUT2D eigenvalue weighted by molar-refractivity contribution is 0.415. The lowest BCUT2D eigenvalue weighted by Gasteiger charge is -2.17. The van der Waals surface area contributed by atoms with Crippen molar-refractivity contribution in [3.8, 4) is 39.8 Å². The summed E-state index contributed by atoms with van der Waals surface area (Å²) in [5.74, 6) is 2.18. The van der Waals surface area contributed by atoms with Crippen LogP contribution in [0.25, 0.3) is 33.2 Å². The van der Waals surface area contributed by atoms with E-state index in [0.29, 0.717) is 11.6 Å². The number of halogens is 1. The number of fused-ring (bicyclic) bond motifs is 1. The van der Waals surface area contributed by atoms with Crippen LogP contribution in [0, 0.1) is 17.2 Å². The topological polar surface area (TPSA) is 80.1 Å². The van der Waals surface area contributed by atoms with Crippen molar-refractivity contribution in [3.63, 3.8) is 0 Å². The van der Waals surface area contributed by atoms with Crippen LogP contribution in [0.5, 0.6) is 11.5 Å². The maximum Gasteiger partial charge on any atom is 0.186 e. The fourth-order valence-electron chi connectivity index (χ4n) is 4.45. The highest BCUT2D eigenvalue weighted by Gasteiger charge is 2.29. The minimum Gasteiger partial charge on any atom is -0.496 e. The van der Waals surface area contributed by atoms with Crippen LogP contribution in [0.4, 0.5) is 5.69 Å². The first-order chi connectivity index (χ1) is 17.0. The van der Waals surface area contributed by atoms with Crippen LogP contribution >= 0.6 is 15.9 Å². The van der Waals surface area contributed by atoms with Crippen LogP contribution in [0.15, 0.2) is 59.1 Å². The second-order valence-electron chi connectivity index (χ2n) is 8.80. The molecule has 0 bridgehead atoms. The van der Waals surface area contributed by atoms with Crippen LogP contribution in [-0.2, 0) is 0 Å². The van der Waals surface area contributed by atoms with Crippen molar-refractivity contribution in [1.29, 1.82) is 5.26 Å². The summed E-state index contributed by atoms with van der Waals surface area (Å²) in [7, 11) is 3.34. The lowest BCUT2D eigenvalue weighted by atomic mass is 9.96. The molecule has 4 aromatic rings. The first-order valence-corrected chi connectivity index (χ1v) is 12.3. The molecule has 0 aliphatic heterocycles. The second-order valence-corrected chi connectivity index (χ2v) is 9.71. The van der Waals surface area contributed by atoms with Gasteiger partial charge in [0.1, 0.15) is 17.6 Å². The van der Waals surface area contributed by atoms with Crippen LogP contribution in [0.3, 0.4) is 0 Å². The van der Waals surface area contributed by atoms with E-state index in [0.717, 1.165) is 54.8 Å². The largest absolute Gasteiger partial charge is 0.496 e. The van der Waals surface area contributed by atoms with Gasteiger partial charge in [0.2, 0.25) is 0 Å². The number of nitrogens with one attached hydrogen (secondary N) is 1. The summed E-state index contributed by atoms with van der Waals surface area (Å²) in [5, 5.41) is 22.6. The van der Waals surface area contributed by atoms with Crippen molar-refractivity contribution in [2.24, 2.45) is 5.92 Å². The highest BCUT2D eigenvalue weighted by Crippen LogP contribution is 2.40. The number of nitriles is 1. The van der Waals surface area contributed by atoms with Gasteiger partial charge in [-0.15, -0.1) is 10.2 Å². The van der Waals surface area contributed by atoms with E-state index >= 15 is 0 Å². The van der Waals surface area contributed by atoms with E-state index in [1.165, 1.54) is 12.8 Å². The molecule has 1 N–H and O–H groups in total. The number of nitrogens with zero attached hydrogens (tertiary/aromatic N) is 3. The molecule has 1 heterocycles. The molecule has 176 valence electrons. The Hall–Kier alpha value is -3.63. The average molecular weight is 529 g/mol. The SMILES string of the molecule is COc1cc(Br)ccc1-c1ccc(OC)c(-c2ccc3c(N[C@H](C)C4CC4)c(C#N)nnc3c2)c1. The molecule has 0 saturated heterocycles. The third kappa shape index (κ3) is 4.54. The Morgan fingerprint density at radius 3 is 2.40 bits per heavy atom. The number of rotatable bonds is 7. The van der Waals surface area contributed by atoms with Crippen molar-refractivity contribution >= 4 is 32.5 Å². The summed E-state index contributed by atoms with van der Waals surface area (Å²) >= 11 is 3.51. The predicted molar refractivity (Wildman–Crippen MR) is 142 cm³/mol. The maximum absolute atomic E-state index is 9.62. The van der Waals surface area contributed by atoms with E-state index in [1.54, 1.807) is 14.2 Å². The molecule has 6 nitrogen and oxygen atoms in total. The summed E-state index contributed by atoms with van der Waals surface area (Å²) in [6.07, 6.45) is 2.44. The maximum atomic E-state index is 9.62. The molecule has 0 unspecified atom stereocenters. The molecule has 0 radical (unpaired) electrons. The van der Waals surface area contributed by atoms with Crippen LogP contribution < -0.4 is 14.8 Å². The molecule has 1 atom stereocenters. The van der Waals surface area contributed by atoms with E-state index in [4.69, 9.17) is 9.47 Å². The lowest BCUT2D eigenvalue weighted by Crippen LogP contribution is -2.19. The zero-order valence-electron chi connectivity index (χ0n) is 19.8. The molecule has 1 aliphatic carbocycles. The van der Waals surface area contributed by atoms with Crippen LogP contribution in [0.1, 0.15) is 25.5 Å². The third-order valence-corrected chi connectivity index (χ3v) is 7.05. The Morgan fingerprint density at radius 2 is 1.69 bits per heavy atom. The standard InChI is InChI=1S/C28H25BrN4O2/c1-16(17-4-5-17)31-28-22-9-6-19(13-24(22)32-33-25(28)15-30)23-12-18(7-11-26(23)34-2)21-10-8-20(29)14-27(21)35-3/h6-14,16-17H,4-5H2,1-3H3,(H,31,32)/t16-/m1/s1. The van der Waals surface area contributed by atoms with E-state index in [2.05, 4.69) is 50.5 Å². The molecule has 35 heavy (non-hydrogen) atoms. The Bertz CT molecular complexity index is 1460. The van der Waals surface area contributed by atoms with Gasteiger partial charge in [-0.3, -0.25) is 0 Å². The van der Waals surface area contributed by atoms with Crippen molar-refractivity contribution in [3.05, 3.63) is 64.8 Å². The number of hydrogen-bond acceptors (Lipinski definition) is 6. The molecular formula is C28H25BrN4O2. The van der Waals surface area contributed by atoms with Gasteiger partial charge in [-0.1, -0.05) is 28.1 Å². The second kappa shape index (κ2) is 9.55. The van der Waals surface area contributed by atoms with Gasteiger partial charge in [0.25, 0.3) is 0 Å². The van der Waals surface area contributed by atoms with Gasteiger partial charge in [-0.05, 0) is 79.3 Å². The summed E-state index contributed by atoms with van der Waals surface area (Å²) in [4.78, 5) is 0. The minimum absolute atomic E-state index is 0.284. The van der Waals surface area contributed by atoms with Crippen molar-refractivity contribution in [1.82, 2.24) is 10.2 Å². The van der Waals surface area contributed by atoms with E-state index in [-0.39, 0.29) is 6.04 Å². The fourth-order valence-corrected chi connectivity index (χ4v) is 4.79. The molecule has 1 aliphatic rings. The predicted octanol–water partition coefficient (Wildman–Crippen LogP) is 6.83. The molecule has 3 aromatic carbocycles. The number of anilines is 1. The number of aromatic nitrogens is 2. The van der Waals surface area contributed by atoms with Crippen molar-refractivity contribution in [2.75, 3.05) is 19.5 Å². The molecular weight excluding hydrogens is 504 g/mol. The van der Waals surface area contributed by atoms with Gasteiger partial charge in [0.05, 0.1) is 25.4 Å². The molecule has 1 aromatic heterocycles. The zero-order valence-corrected chi connectivity index (χ0v) is 21.4. The summed E-state index contributed by atoms with van der Waals surface area (Å²) in [6, 6.07) is 20.6. The fraction of sp³-hybridized carbons (Fsp3) is 0.250. The number of hydrogen-bond donors (Lipinski definition) is 1. The Balaban J connectivity index is 1.61. The number of benzene rings is 3. The van der Waals surface area contributed by atoms with Crippen molar-refractivity contribution < 1.29 is 9.47 Å². The summed E-state index contributed by atoms with van der Waals surface area (Å²) in [5.41, 5.74) is 5.68. The van der Waals surface area contributed by atoms with Gasteiger partial charge in [-0.2, -0.15) is 5.26 Å². The Morgan fingerprint density at radius 1 is 0.943 bits per heavy atom. The van der Waals surface area contributed by atoms with Crippen LogP contribution in [0.2, 0.25) is 0 Å². The van der Waals surface area contributed by atoms with E-state index < -0.39 is 0 Å². The number of methoxy groups -OCH3 is 2.